The number of piperidine rings is 1. The highest BCUT2D eigenvalue weighted by atomic mass is 16.5. The third kappa shape index (κ3) is 4.55. The fraction of sp³-hybridized carbons (Fsp3) is 0.950. The zero-order valence-corrected chi connectivity index (χ0v) is 16.2. The maximum Gasteiger partial charge on any atom is 0.220 e. The Labute approximate surface area is 153 Å². The number of nitrogens with one attached hydrogen (secondary N) is 2. The largest absolute Gasteiger partial charge is 0.379 e. The quantitative estimate of drug-likeness (QED) is 0.770. The van der Waals surface area contributed by atoms with Crippen LogP contribution in [0.1, 0.15) is 58.8 Å². The van der Waals surface area contributed by atoms with Gasteiger partial charge in [-0.25, -0.2) is 0 Å². The van der Waals surface area contributed by atoms with Gasteiger partial charge in [-0.3, -0.25) is 9.69 Å². The normalized spacial score (nSPS) is 29.9. The van der Waals surface area contributed by atoms with Gasteiger partial charge < -0.3 is 15.4 Å². The zero-order chi connectivity index (χ0) is 17.7. The molecule has 0 spiro atoms. The maximum absolute atomic E-state index is 12.7. The van der Waals surface area contributed by atoms with Crippen LogP contribution in [0, 0.1) is 11.8 Å². The van der Waals surface area contributed by atoms with Crippen LogP contribution in [0.3, 0.4) is 0 Å². The molecular formula is C20H37N3O2. The lowest BCUT2D eigenvalue weighted by Gasteiger charge is -2.47. The number of ether oxygens (including phenoxy) is 1. The maximum atomic E-state index is 12.7. The Morgan fingerprint density at radius 1 is 1.24 bits per heavy atom. The molecule has 2 heterocycles. The van der Waals surface area contributed by atoms with Crippen LogP contribution in [0.4, 0.5) is 0 Å². The van der Waals surface area contributed by atoms with E-state index in [1.807, 2.05) is 0 Å². The molecule has 144 valence electrons. The van der Waals surface area contributed by atoms with Gasteiger partial charge in [0.15, 0.2) is 0 Å². The average Bonchev–Trinajstić information content (AvgIpc) is 3.14. The molecule has 1 aliphatic carbocycles. The zero-order valence-electron chi connectivity index (χ0n) is 16.2. The van der Waals surface area contributed by atoms with E-state index in [1.54, 1.807) is 0 Å². The van der Waals surface area contributed by atoms with E-state index in [4.69, 9.17) is 4.74 Å². The second kappa shape index (κ2) is 8.83. The first-order valence-electron chi connectivity index (χ1n) is 10.4. The fourth-order valence-corrected chi connectivity index (χ4v) is 5.28. The third-order valence-corrected chi connectivity index (χ3v) is 6.94. The molecule has 0 bridgehead atoms. The lowest BCUT2D eigenvalue weighted by molar-refractivity contribution is -0.124. The number of hydrogen-bond acceptors (Lipinski definition) is 4. The van der Waals surface area contributed by atoms with Crippen LogP contribution >= 0.6 is 0 Å². The Kier molecular flexibility index (Phi) is 6.75. The fourth-order valence-electron chi connectivity index (χ4n) is 5.28. The van der Waals surface area contributed by atoms with Crippen LogP contribution in [-0.4, -0.2) is 61.8 Å². The monoisotopic (exact) mass is 351 g/mol. The van der Waals surface area contributed by atoms with Crippen molar-refractivity contribution in [1.29, 1.82) is 0 Å². The van der Waals surface area contributed by atoms with Crippen molar-refractivity contribution in [3.63, 3.8) is 0 Å². The van der Waals surface area contributed by atoms with Crippen molar-refractivity contribution in [2.75, 3.05) is 39.4 Å². The van der Waals surface area contributed by atoms with E-state index in [0.29, 0.717) is 18.3 Å². The minimum Gasteiger partial charge on any atom is -0.379 e. The molecule has 2 saturated heterocycles. The van der Waals surface area contributed by atoms with E-state index >= 15 is 0 Å². The Bertz CT molecular complexity index is 425. The third-order valence-electron chi connectivity index (χ3n) is 6.94. The van der Waals surface area contributed by atoms with Crippen molar-refractivity contribution in [2.45, 2.75) is 70.4 Å². The summed E-state index contributed by atoms with van der Waals surface area (Å²) in [4.78, 5) is 15.3. The molecular weight excluding hydrogens is 314 g/mol. The predicted octanol–water partition coefficient (Wildman–Crippen LogP) is 2.16. The Morgan fingerprint density at radius 3 is 2.60 bits per heavy atom. The summed E-state index contributed by atoms with van der Waals surface area (Å²) >= 11 is 0. The molecule has 3 fully saturated rings. The van der Waals surface area contributed by atoms with Gasteiger partial charge in [0.2, 0.25) is 5.91 Å². The summed E-state index contributed by atoms with van der Waals surface area (Å²) in [5, 5.41) is 6.86. The Morgan fingerprint density at radius 2 is 1.96 bits per heavy atom. The molecule has 0 aromatic heterocycles. The minimum atomic E-state index is 0.148. The Hall–Kier alpha value is -0.650. The molecule has 0 aromatic carbocycles. The number of morpholine rings is 1. The van der Waals surface area contributed by atoms with E-state index < -0.39 is 0 Å². The summed E-state index contributed by atoms with van der Waals surface area (Å²) in [6.45, 7) is 10.3. The molecule has 3 atom stereocenters. The van der Waals surface area contributed by atoms with E-state index in [9.17, 15) is 4.79 Å². The van der Waals surface area contributed by atoms with Gasteiger partial charge in [-0.05, 0) is 57.5 Å². The SMILES string of the molecule is CC(CC(=O)NC(C)C1(N2CCOCC2)CCCC1)C1CCCNC1. The molecule has 0 radical (unpaired) electrons. The van der Waals surface area contributed by atoms with Gasteiger partial charge in [0.25, 0.3) is 0 Å². The van der Waals surface area contributed by atoms with Gasteiger partial charge in [-0.2, -0.15) is 0 Å². The summed E-state index contributed by atoms with van der Waals surface area (Å²) < 4.78 is 5.55. The van der Waals surface area contributed by atoms with Crippen LogP contribution in [0.2, 0.25) is 0 Å². The number of nitrogens with zero attached hydrogens (tertiary/aromatic N) is 1. The molecule has 2 N–H and O–H groups in total. The van der Waals surface area contributed by atoms with Crippen LogP contribution in [-0.2, 0) is 9.53 Å². The average molecular weight is 352 g/mol. The van der Waals surface area contributed by atoms with Crippen LogP contribution in [0.25, 0.3) is 0 Å². The molecule has 1 saturated carbocycles. The second-order valence-electron chi connectivity index (χ2n) is 8.49. The topological polar surface area (TPSA) is 53.6 Å². The van der Waals surface area contributed by atoms with Crippen molar-refractivity contribution in [3.05, 3.63) is 0 Å². The lowest BCUT2D eigenvalue weighted by Crippen LogP contribution is -2.62. The van der Waals surface area contributed by atoms with Crippen molar-refractivity contribution >= 4 is 5.91 Å². The minimum absolute atomic E-state index is 0.148. The van der Waals surface area contributed by atoms with E-state index in [1.165, 1.54) is 38.5 Å². The number of carbonyl (C=O) groups is 1. The highest BCUT2D eigenvalue weighted by Crippen LogP contribution is 2.38. The number of rotatable bonds is 6. The van der Waals surface area contributed by atoms with Gasteiger partial charge in [0.1, 0.15) is 0 Å². The van der Waals surface area contributed by atoms with Gasteiger partial charge in [-0.15, -0.1) is 0 Å². The summed E-state index contributed by atoms with van der Waals surface area (Å²) in [6.07, 6.45) is 8.13. The predicted molar refractivity (Wildman–Crippen MR) is 101 cm³/mol. The highest BCUT2D eigenvalue weighted by molar-refractivity contribution is 5.76. The van der Waals surface area contributed by atoms with Gasteiger partial charge in [0, 0.05) is 31.1 Å². The summed E-state index contributed by atoms with van der Waals surface area (Å²) in [5.41, 5.74) is 0.148. The smallest absolute Gasteiger partial charge is 0.220 e. The van der Waals surface area contributed by atoms with Crippen molar-refractivity contribution < 1.29 is 9.53 Å². The van der Waals surface area contributed by atoms with Crippen molar-refractivity contribution in [3.8, 4) is 0 Å². The summed E-state index contributed by atoms with van der Waals surface area (Å²) in [6, 6.07) is 0.220. The van der Waals surface area contributed by atoms with E-state index in [-0.39, 0.29) is 17.5 Å². The van der Waals surface area contributed by atoms with E-state index in [2.05, 4.69) is 29.4 Å². The van der Waals surface area contributed by atoms with Crippen LogP contribution in [0.5, 0.6) is 0 Å². The molecule has 3 aliphatic rings. The van der Waals surface area contributed by atoms with Gasteiger partial charge in [-0.1, -0.05) is 19.8 Å². The van der Waals surface area contributed by atoms with Crippen molar-refractivity contribution in [1.82, 2.24) is 15.5 Å². The first kappa shape index (κ1) is 19.1. The molecule has 5 nitrogen and oxygen atoms in total. The number of hydrogen-bond donors (Lipinski definition) is 2. The standard InChI is InChI=1S/C20H37N3O2/c1-16(18-6-5-9-21-15-18)14-19(24)22-17(2)20(7-3-4-8-20)23-10-12-25-13-11-23/h16-18,21H,3-15H2,1-2H3,(H,22,24). The van der Waals surface area contributed by atoms with Crippen LogP contribution in [0.15, 0.2) is 0 Å². The molecule has 25 heavy (non-hydrogen) atoms. The summed E-state index contributed by atoms with van der Waals surface area (Å²) in [7, 11) is 0. The number of amides is 1. The molecule has 5 heteroatoms. The van der Waals surface area contributed by atoms with Crippen LogP contribution < -0.4 is 10.6 Å². The molecule has 2 aliphatic heterocycles. The highest BCUT2D eigenvalue weighted by Gasteiger charge is 2.45. The summed E-state index contributed by atoms with van der Waals surface area (Å²) in [5.74, 6) is 1.35. The molecule has 3 rings (SSSR count). The first-order chi connectivity index (χ1) is 12.1. The second-order valence-corrected chi connectivity index (χ2v) is 8.49. The van der Waals surface area contributed by atoms with Crippen molar-refractivity contribution in [2.24, 2.45) is 11.8 Å². The van der Waals surface area contributed by atoms with Gasteiger partial charge in [0.05, 0.1) is 13.2 Å². The van der Waals surface area contributed by atoms with Gasteiger partial charge >= 0.3 is 0 Å². The molecule has 1 amide bonds. The number of carbonyl (C=O) groups excluding carboxylic acids is 1. The first-order valence-corrected chi connectivity index (χ1v) is 10.4. The Balaban J connectivity index is 1.55. The molecule has 0 aromatic rings. The lowest BCUT2D eigenvalue weighted by atomic mass is 9.84. The van der Waals surface area contributed by atoms with E-state index in [0.717, 1.165) is 39.4 Å². The molecule has 3 unspecified atom stereocenters.